The van der Waals surface area contributed by atoms with Crippen molar-refractivity contribution in [3.63, 3.8) is 0 Å². The number of ketones is 1. The Hall–Kier alpha value is -3.67. The van der Waals surface area contributed by atoms with Gasteiger partial charge in [0.25, 0.3) is 5.91 Å². The molecular formula is C21H16F3N3O3. The summed E-state index contributed by atoms with van der Waals surface area (Å²) in [4.78, 5) is 39.9. The third kappa shape index (κ3) is 3.30. The minimum Gasteiger partial charge on any atom is -0.298 e. The van der Waals surface area contributed by atoms with Gasteiger partial charge in [0.2, 0.25) is 0 Å². The van der Waals surface area contributed by atoms with Gasteiger partial charge in [0.1, 0.15) is 11.3 Å². The highest BCUT2D eigenvalue weighted by Gasteiger charge is 2.56. The molecule has 0 aromatic heterocycles. The van der Waals surface area contributed by atoms with E-state index in [0.717, 1.165) is 17.0 Å². The van der Waals surface area contributed by atoms with E-state index >= 15 is 0 Å². The highest BCUT2D eigenvalue weighted by atomic mass is 19.4. The summed E-state index contributed by atoms with van der Waals surface area (Å²) in [5.74, 6) is -1.19. The number of nitriles is 1. The lowest BCUT2D eigenvalue weighted by Crippen LogP contribution is -2.46. The molecule has 30 heavy (non-hydrogen) atoms. The summed E-state index contributed by atoms with van der Waals surface area (Å²) < 4.78 is 40.1. The van der Waals surface area contributed by atoms with Crippen LogP contribution in [-0.2, 0) is 21.3 Å². The van der Waals surface area contributed by atoms with E-state index in [0.29, 0.717) is 16.5 Å². The number of alkyl halides is 3. The van der Waals surface area contributed by atoms with Crippen molar-refractivity contribution in [2.24, 2.45) is 0 Å². The molecule has 0 N–H and O–H groups in total. The van der Waals surface area contributed by atoms with Gasteiger partial charge in [0.05, 0.1) is 29.4 Å². The summed E-state index contributed by atoms with van der Waals surface area (Å²) in [5.41, 5.74) is -3.39. The van der Waals surface area contributed by atoms with Gasteiger partial charge in [-0.2, -0.15) is 18.4 Å². The molecule has 1 aliphatic rings. The molecule has 3 rings (SSSR count). The minimum absolute atomic E-state index is 0.329. The highest BCUT2D eigenvalue weighted by Crippen LogP contribution is 2.41. The fourth-order valence-corrected chi connectivity index (χ4v) is 3.45. The Kier molecular flexibility index (Phi) is 5.12. The van der Waals surface area contributed by atoms with Gasteiger partial charge >= 0.3 is 12.2 Å². The van der Waals surface area contributed by atoms with Crippen LogP contribution in [0.25, 0.3) is 0 Å². The zero-order chi connectivity index (χ0) is 22.3. The molecule has 1 heterocycles. The smallest absolute Gasteiger partial charge is 0.298 e. The molecule has 6 nitrogen and oxygen atoms in total. The van der Waals surface area contributed by atoms with Gasteiger partial charge in [-0.3, -0.25) is 14.5 Å². The number of nitrogens with zero attached hydrogens (tertiary/aromatic N) is 3. The summed E-state index contributed by atoms with van der Waals surface area (Å²) in [7, 11) is 0. The zero-order valence-electron chi connectivity index (χ0n) is 16.0. The number of imide groups is 1. The van der Waals surface area contributed by atoms with Crippen molar-refractivity contribution in [2.45, 2.75) is 25.6 Å². The number of rotatable bonds is 4. The number of urea groups is 1. The summed E-state index contributed by atoms with van der Waals surface area (Å²) >= 11 is 0. The summed E-state index contributed by atoms with van der Waals surface area (Å²) in [6.45, 7) is 2.30. The van der Waals surface area contributed by atoms with E-state index in [1.54, 1.807) is 30.3 Å². The molecular weight excluding hydrogens is 399 g/mol. The molecule has 0 spiro atoms. The van der Waals surface area contributed by atoms with E-state index in [-0.39, 0.29) is 5.69 Å². The molecule has 0 aliphatic carbocycles. The fourth-order valence-electron chi connectivity index (χ4n) is 3.45. The van der Waals surface area contributed by atoms with E-state index in [1.165, 1.54) is 19.9 Å². The van der Waals surface area contributed by atoms with Crippen molar-refractivity contribution in [3.05, 3.63) is 65.2 Å². The Balaban J connectivity index is 2.18. The Morgan fingerprint density at radius 3 is 2.30 bits per heavy atom. The standard InChI is InChI=1S/C21H16F3N3O3/c1-13(28)12-26-19(30)27(18(29)20(26,2)15-6-4-3-5-7-15)16-9-8-14(11-25)17(10-16)21(22,23)24/h3-10H,12H2,1-2H3. The van der Waals surface area contributed by atoms with Crippen molar-refractivity contribution >= 4 is 23.4 Å². The van der Waals surface area contributed by atoms with Crippen LogP contribution in [0.5, 0.6) is 0 Å². The van der Waals surface area contributed by atoms with Gasteiger partial charge in [-0.1, -0.05) is 30.3 Å². The van der Waals surface area contributed by atoms with Gasteiger partial charge in [0.15, 0.2) is 0 Å². The summed E-state index contributed by atoms with van der Waals surface area (Å²) in [6, 6.07) is 11.3. The Bertz CT molecular complexity index is 1080. The van der Waals surface area contributed by atoms with Gasteiger partial charge in [-0.05, 0) is 37.6 Å². The van der Waals surface area contributed by atoms with Crippen LogP contribution in [0.2, 0.25) is 0 Å². The molecule has 9 heteroatoms. The predicted octanol–water partition coefficient (Wildman–Crippen LogP) is 3.85. The third-order valence-corrected chi connectivity index (χ3v) is 4.99. The topological polar surface area (TPSA) is 81.5 Å². The second-order valence-electron chi connectivity index (χ2n) is 6.99. The molecule has 1 atom stereocenters. The zero-order valence-corrected chi connectivity index (χ0v) is 16.0. The Morgan fingerprint density at radius 1 is 1.13 bits per heavy atom. The van der Waals surface area contributed by atoms with E-state index in [4.69, 9.17) is 5.26 Å². The number of benzene rings is 2. The quantitative estimate of drug-likeness (QED) is 0.711. The molecule has 2 aromatic carbocycles. The Labute approximate surface area is 170 Å². The van der Waals surface area contributed by atoms with Gasteiger partial charge < -0.3 is 0 Å². The maximum Gasteiger partial charge on any atom is 0.417 e. The van der Waals surface area contributed by atoms with Gasteiger partial charge in [-0.25, -0.2) is 9.69 Å². The van der Waals surface area contributed by atoms with Gasteiger partial charge in [-0.15, -0.1) is 0 Å². The van der Waals surface area contributed by atoms with Crippen molar-refractivity contribution in [3.8, 4) is 6.07 Å². The van der Waals surface area contributed by atoms with Crippen molar-refractivity contribution in [1.29, 1.82) is 5.26 Å². The first-order valence-electron chi connectivity index (χ1n) is 8.84. The first kappa shape index (κ1) is 21.0. The van der Waals surface area contributed by atoms with E-state index in [1.807, 2.05) is 0 Å². The van der Waals surface area contributed by atoms with Gasteiger partial charge in [0, 0.05) is 0 Å². The largest absolute Gasteiger partial charge is 0.417 e. The van der Waals surface area contributed by atoms with Crippen LogP contribution in [0.3, 0.4) is 0 Å². The molecule has 0 saturated carbocycles. The molecule has 2 aromatic rings. The van der Waals surface area contributed by atoms with Crippen molar-refractivity contribution < 1.29 is 27.6 Å². The molecule has 3 amide bonds. The highest BCUT2D eigenvalue weighted by molar-refractivity contribution is 6.23. The van der Waals surface area contributed by atoms with Crippen molar-refractivity contribution in [1.82, 2.24) is 4.90 Å². The van der Waals surface area contributed by atoms with E-state index in [2.05, 4.69) is 0 Å². The van der Waals surface area contributed by atoms with Crippen molar-refractivity contribution in [2.75, 3.05) is 11.4 Å². The first-order chi connectivity index (χ1) is 14.0. The second kappa shape index (κ2) is 7.30. The normalized spacial score (nSPS) is 19.2. The predicted molar refractivity (Wildman–Crippen MR) is 100 cm³/mol. The number of hydrogen-bond acceptors (Lipinski definition) is 4. The average Bonchev–Trinajstić information content (AvgIpc) is 2.88. The molecule has 0 bridgehead atoms. The minimum atomic E-state index is -4.85. The SMILES string of the molecule is CC(=O)CN1C(=O)N(c2ccc(C#N)c(C(F)(F)F)c2)C(=O)C1(C)c1ccccc1. The van der Waals surface area contributed by atoms with E-state index in [9.17, 15) is 27.6 Å². The first-order valence-corrected chi connectivity index (χ1v) is 8.84. The molecule has 1 saturated heterocycles. The van der Waals surface area contributed by atoms with Crippen LogP contribution in [0.15, 0.2) is 48.5 Å². The molecule has 154 valence electrons. The number of carbonyl (C=O) groups excluding carboxylic acids is 3. The number of carbonyl (C=O) groups is 3. The maximum atomic E-state index is 13.4. The summed E-state index contributed by atoms with van der Waals surface area (Å²) in [6.07, 6.45) is -4.85. The fraction of sp³-hybridized carbons (Fsp3) is 0.238. The van der Waals surface area contributed by atoms with Crippen LogP contribution in [0, 0.1) is 11.3 Å². The monoisotopic (exact) mass is 415 g/mol. The van der Waals surface area contributed by atoms with Crippen LogP contribution >= 0.6 is 0 Å². The lowest BCUT2D eigenvalue weighted by Gasteiger charge is -2.31. The van der Waals surface area contributed by atoms with Crippen LogP contribution < -0.4 is 4.90 Å². The number of anilines is 1. The number of Topliss-reactive ketones (excluding diaryl/α,β-unsaturated/α-hetero) is 1. The second-order valence-corrected chi connectivity index (χ2v) is 6.99. The lowest BCUT2D eigenvalue weighted by molar-refractivity contribution is -0.137. The van der Waals surface area contributed by atoms with Crippen LogP contribution in [0.1, 0.15) is 30.5 Å². The maximum absolute atomic E-state index is 13.4. The Morgan fingerprint density at radius 2 is 1.77 bits per heavy atom. The van der Waals surface area contributed by atoms with E-state index < -0.39 is 47.1 Å². The van der Waals surface area contributed by atoms with Crippen LogP contribution in [0.4, 0.5) is 23.7 Å². The number of amides is 3. The molecule has 1 unspecified atom stereocenters. The number of hydrogen-bond donors (Lipinski definition) is 0. The lowest BCUT2D eigenvalue weighted by atomic mass is 9.90. The average molecular weight is 415 g/mol. The summed E-state index contributed by atoms with van der Waals surface area (Å²) in [5, 5.41) is 8.97. The molecule has 1 fully saturated rings. The molecule has 0 radical (unpaired) electrons. The molecule has 1 aliphatic heterocycles. The third-order valence-electron chi connectivity index (χ3n) is 4.99. The van der Waals surface area contributed by atoms with Crippen LogP contribution in [-0.4, -0.2) is 29.2 Å². The number of halogens is 3.